The molecule has 0 aromatic heterocycles. The number of ketones is 1. The minimum absolute atomic E-state index is 0.113. The van der Waals surface area contributed by atoms with E-state index < -0.39 is 10.0 Å². The van der Waals surface area contributed by atoms with Crippen molar-refractivity contribution in [2.45, 2.75) is 18.2 Å². The monoisotopic (exact) mass is 494 g/mol. The molecule has 0 saturated carbocycles. The van der Waals surface area contributed by atoms with E-state index in [1.807, 2.05) is 37.3 Å². The summed E-state index contributed by atoms with van der Waals surface area (Å²) in [6, 6.07) is 22.8. The molecule has 3 aromatic rings. The Morgan fingerprint density at radius 3 is 2.23 bits per heavy atom. The van der Waals surface area contributed by atoms with Crippen LogP contribution in [0.15, 0.2) is 105 Å². The van der Waals surface area contributed by atoms with E-state index in [4.69, 9.17) is 0 Å². The lowest BCUT2D eigenvalue weighted by Gasteiger charge is -2.23. The molecule has 0 atom stereocenters. The standard InChI is InChI=1S/C24H19BrN2O3S/c1-17-7-13-22(14-8-17)31(29,30)27-16-20(24(28)19-5-3-2-4-6-19)15-23(26-27)18-9-11-21(25)12-10-18/h2-14,16H,15H2,1H3. The second-order valence-corrected chi connectivity index (χ2v) is 9.88. The number of hydrogen-bond acceptors (Lipinski definition) is 4. The fourth-order valence-electron chi connectivity index (χ4n) is 3.20. The smallest absolute Gasteiger partial charge is 0.282 e. The highest BCUT2D eigenvalue weighted by Crippen LogP contribution is 2.27. The predicted molar refractivity (Wildman–Crippen MR) is 124 cm³/mol. The Kier molecular flexibility index (Phi) is 5.89. The first-order valence-corrected chi connectivity index (χ1v) is 11.8. The molecule has 1 heterocycles. The number of hydrazone groups is 1. The van der Waals surface area contributed by atoms with Crippen molar-refractivity contribution >= 4 is 37.4 Å². The minimum atomic E-state index is -3.97. The van der Waals surface area contributed by atoms with Crippen LogP contribution in [0.25, 0.3) is 0 Å². The van der Waals surface area contributed by atoms with Gasteiger partial charge in [0.1, 0.15) is 0 Å². The zero-order valence-electron chi connectivity index (χ0n) is 16.7. The van der Waals surface area contributed by atoms with E-state index in [9.17, 15) is 13.2 Å². The van der Waals surface area contributed by atoms with Crippen molar-refractivity contribution in [3.05, 3.63) is 112 Å². The van der Waals surface area contributed by atoms with Crippen molar-refractivity contribution in [2.75, 3.05) is 0 Å². The molecule has 0 radical (unpaired) electrons. The van der Waals surface area contributed by atoms with Gasteiger partial charge in [0.05, 0.1) is 10.6 Å². The average Bonchev–Trinajstić information content (AvgIpc) is 2.79. The number of nitrogens with zero attached hydrogens (tertiary/aromatic N) is 2. The predicted octanol–water partition coefficient (Wildman–Crippen LogP) is 5.32. The second-order valence-electron chi connectivity index (χ2n) is 7.17. The van der Waals surface area contributed by atoms with Gasteiger partial charge in [-0.1, -0.05) is 76.1 Å². The molecule has 0 N–H and O–H groups in total. The number of hydrogen-bond donors (Lipinski definition) is 0. The fraction of sp³-hybridized carbons (Fsp3) is 0.0833. The zero-order chi connectivity index (χ0) is 22.0. The third-order valence-corrected chi connectivity index (χ3v) is 6.99. The number of benzene rings is 3. The van der Waals surface area contributed by atoms with Gasteiger partial charge < -0.3 is 0 Å². The number of rotatable bonds is 5. The van der Waals surface area contributed by atoms with Gasteiger partial charge in [-0.25, -0.2) is 0 Å². The summed E-state index contributed by atoms with van der Waals surface area (Å²) >= 11 is 3.40. The van der Waals surface area contributed by atoms with Crippen molar-refractivity contribution in [1.82, 2.24) is 4.41 Å². The first-order valence-electron chi connectivity index (χ1n) is 9.59. The Morgan fingerprint density at radius 2 is 1.58 bits per heavy atom. The molecule has 4 rings (SSSR count). The van der Waals surface area contributed by atoms with Gasteiger partial charge in [0.15, 0.2) is 5.78 Å². The highest BCUT2D eigenvalue weighted by atomic mass is 79.9. The summed E-state index contributed by atoms with van der Waals surface area (Å²) in [5.74, 6) is -0.228. The number of allylic oxidation sites excluding steroid dienone is 1. The summed E-state index contributed by atoms with van der Waals surface area (Å²) in [6.45, 7) is 1.89. The van der Waals surface area contributed by atoms with E-state index in [0.717, 1.165) is 20.0 Å². The minimum Gasteiger partial charge on any atom is -0.289 e. The number of sulfonamides is 1. The van der Waals surface area contributed by atoms with Gasteiger partial charge in [-0.2, -0.15) is 17.9 Å². The van der Waals surface area contributed by atoms with Crippen LogP contribution in [-0.4, -0.2) is 24.3 Å². The van der Waals surface area contributed by atoms with Gasteiger partial charge in [0, 0.05) is 28.2 Å². The number of aryl methyl sites for hydroxylation is 1. The first-order chi connectivity index (χ1) is 14.8. The van der Waals surface area contributed by atoms with Crippen molar-refractivity contribution < 1.29 is 13.2 Å². The SMILES string of the molecule is Cc1ccc(S(=O)(=O)N2C=C(C(=O)c3ccccc3)CC(c3ccc(Br)cc3)=N2)cc1. The maximum atomic E-state index is 13.3. The molecule has 5 nitrogen and oxygen atoms in total. The molecular formula is C24H19BrN2O3S. The van der Waals surface area contributed by atoms with Crippen molar-refractivity contribution in [3.8, 4) is 0 Å². The lowest BCUT2D eigenvalue weighted by atomic mass is 9.96. The molecule has 0 unspecified atom stereocenters. The molecule has 0 spiro atoms. The van der Waals surface area contributed by atoms with Crippen LogP contribution in [0, 0.1) is 6.92 Å². The Morgan fingerprint density at radius 1 is 0.935 bits per heavy atom. The Balaban J connectivity index is 1.80. The highest BCUT2D eigenvalue weighted by Gasteiger charge is 2.29. The highest BCUT2D eigenvalue weighted by molar-refractivity contribution is 9.10. The average molecular weight is 495 g/mol. The van der Waals surface area contributed by atoms with Gasteiger partial charge in [0.25, 0.3) is 10.0 Å². The van der Waals surface area contributed by atoms with Gasteiger partial charge in [-0.3, -0.25) is 4.79 Å². The molecule has 7 heteroatoms. The molecule has 0 aliphatic carbocycles. The zero-order valence-corrected chi connectivity index (χ0v) is 19.1. The van der Waals surface area contributed by atoms with Gasteiger partial charge in [0.2, 0.25) is 0 Å². The van der Waals surface area contributed by atoms with Crippen LogP contribution >= 0.6 is 15.9 Å². The summed E-state index contributed by atoms with van der Waals surface area (Å²) < 4.78 is 28.4. The van der Waals surface area contributed by atoms with Crippen LogP contribution in [0.5, 0.6) is 0 Å². The van der Waals surface area contributed by atoms with E-state index in [1.54, 1.807) is 48.5 Å². The molecule has 0 amide bonds. The van der Waals surface area contributed by atoms with Crippen LogP contribution in [-0.2, 0) is 10.0 Å². The van der Waals surface area contributed by atoms with E-state index in [-0.39, 0.29) is 17.1 Å². The van der Waals surface area contributed by atoms with Crippen LogP contribution in [0.3, 0.4) is 0 Å². The third-order valence-electron chi connectivity index (χ3n) is 4.91. The number of carbonyl (C=O) groups excluding carboxylic acids is 1. The fourth-order valence-corrected chi connectivity index (χ4v) is 4.63. The maximum absolute atomic E-state index is 13.3. The lowest BCUT2D eigenvalue weighted by molar-refractivity contribution is 0.103. The summed E-state index contributed by atoms with van der Waals surface area (Å²) in [7, 11) is -3.97. The van der Waals surface area contributed by atoms with Crippen molar-refractivity contribution in [1.29, 1.82) is 0 Å². The molecular weight excluding hydrogens is 476 g/mol. The Hall–Kier alpha value is -3.03. The lowest BCUT2D eigenvalue weighted by Crippen LogP contribution is -2.28. The summed E-state index contributed by atoms with van der Waals surface area (Å²) in [6.07, 6.45) is 1.56. The quantitative estimate of drug-likeness (QED) is 0.450. The molecule has 1 aliphatic heterocycles. The topological polar surface area (TPSA) is 66.8 Å². The van der Waals surface area contributed by atoms with E-state index >= 15 is 0 Å². The van der Waals surface area contributed by atoms with Crippen LogP contribution in [0.1, 0.15) is 27.9 Å². The van der Waals surface area contributed by atoms with E-state index in [0.29, 0.717) is 16.8 Å². The van der Waals surface area contributed by atoms with Crippen LogP contribution in [0.4, 0.5) is 0 Å². The number of Topliss-reactive ketones (excluding diaryl/α,β-unsaturated/α-hetero) is 1. The van der Waals surface area contributed by atoms with Gasteiger partial charge in [-0.15, -0.1) is 0 Å². The number of carbonyl (C=O) groups is 1. The molecule has 0 fully saturated rings. The van der Waals surface area contributed by atoms with Crippen LogP contribution < -0.4 is 0 Å². The molecule has 3 aromatic carbocycles. The van der Waals surface area contributed by atoms with E-state index in [1.165, 1.54) is 6.20 Å². The third kappa shape index (κ3) is 4.52. The Bertz CT molecular complexity index is 1280. The molecule has 0 bridgehead atoms. The Labute approximate surface area is 189 Å². The largest absolute Gasteiger partial charge is 0.289 e. The van der Waals surface area contributed by atoms with E-state index in [2.05, 4.69) is 21.0 Å². The normalized spacial score (nSPS) is 14.1. The second kappa shape index (κ2) is 8.61. The molecule has 31 heavy (non-hydrogen) atoms. The van der Waals surface area contributed by atoms with Gasteiger partial charge >= 0.3 is 0 Å². The molecule has 156 valence electrons. The van der Waals surface area contributed by atoms with Crippen LogP contribution in [0.2, 0.25) is 0 Å². The van der Waals surface area contributed by atoms with Gasteiger partial charge in [-0.05, 0) is 36.8 Å². The molecule has 1 aliphatic rings. The number of halogens is 1. The molecule has 0 saturated heterocycles. The first kappa shape index (κ1) is 21.2. The van der Waals surface area contributed by atoms with Crippen molar-refractivity contribution in [2.24, 2.45) is 5.10 Å². The van der Waals surface area contributed by atoms with Crippen molar-refractivity contribution in [3.63, 3.8) is 0 Å². The summed E-state index contributed by atoms with van der Waals surface area (Å²) in [4.78, 5) is 13.2. The summed E-state index contributed by atoms with van der Waals surface area (Å²) in [5, 5.41) is 4.40. The summed E-state index contributed by atoms with van der Waals surface area (Å²) in [5.41, 5.74) is 3.06. The maximum Gasteiger partial charge on any atom is 0.282 e.